The summed E-state index contributed by atoms with van der Waals surface area (Å²) in [5, 5.41) is 18.2. The molecule has 0 saturated heterocycles. The Balaban J connectivity index is 1.46. The van der Waals surface area contributed by atoms with E-state index in [0.717, 1.165) is 29.4 Å². The van der Waals surface area contributed by atoms with Gasteiger partial charge in [0.15, 0.2) is 11.0 Å². The molecule has 0 aliphatic heterocycles. The van der Waals surface area contributed by atoms with Crippen molar-refractivity contribution >= 4 is 22.7 Å². The van der Waals surface area contributed by atoms with Crippen LogP contribution in [0.4, 0.5) is 0 Å². The summed E-state index contributed by atoms with van der Waals surface area (Å²) in [4.78, 5) is 16.8. The van der Waals surface area contributed by atoms with Gasteiger partial charge < -0.3 is 0 Å². The van der Waals surface area contributed by atoms with Gasteiger partial charge in [-0.15, -0.1) is 15.3 Å². The van der Waals surface area contributed by atoms with Crippen LogP contribution >= 0.6 is 11.8 Å². The minimum Gasteiger partial charge on any atom is -0.299 e. The second kappa shape index (κ2) is 6.58. The minimum absolute atomic E-state index is 0.155. The van der Waals surface area contributed by atoms with Gasteiger partial charge in [-0.25, -0.2) is 0 Å². The smallest absolute Gasteiger partial charge is 0.278 e. The number of pyridine rings is 1. The number of hydrogen-bond donors (Lipinski definition) is 0. The first-order valence-electron chi connectivity index (χ1n) is 8.62. The quantitative estimate of drug-likeness (QED) is 0.494. The summed E-state index contributed by atoms with van der Waals surface area (Å²) in [7, 11) is 0. The van der Waals surface area contributed by atoms with Crippen molar-refractivity contribution in [3.05, 3.63) is 59.1 Å². The molecule has 0 atom stereocenters. The van der Waals surface area contributed by atoms with E-state index in [9.17, 15) is 4.79 Å². The molecule has 1 fully saturated rings. The number of hydrogen-bond acceptors (Lipinski definition) is 7. The van der Waals surface area contributed by atoms with E-state index in [4.69, 9.17) is 0 Å². The number of rotatable bonds is 5. The minimum atomic E-state index is -0.155. The number of nitrogens with zero attached hydrogens (tertiary/aromatic N) is 7. The van der Waals surface area contributed by atoms with Crippen LogP contribution in [0.5, 0.6) is 0 Å². The highest BCUT2D eigenvalue weighted by Crippen LogP contribution is 2.41. The Hall–Kier alpha value is -3.07. The standard InChI is InChI=1S/C18H15N7OS/c26-17-14-5-1-2-6-15(14)20-23-24(17)11-27-18-22-21-16(25(18)13-7-8-13)12-4-3-9-19-10-12/h1-6,9-10,13H,7-8,11H2. The number of benzene rings is 1. The van der Waals surface area contributed by atoms with E-state index in [-0.39, 0.29) is 5.56 Å². The van der Waals surface area contributed by atoms with Crippen molar-refractivity contribution in [2.24, 2.45) is 0 Å². The predicted octanol–water partition coefficient (Wildman–Crippen LogP) is 2.53. The van der Waals surface area contributed by atoms with E-state index < -0.39 is 0 Å². The number of fused-ring (bicyclic) bond motifs is 1. The van der Waals surface area contributed by atoms with Crippen LogP contribution in [-0.4, -0.2) is 34.7 Å². The molecule has 0 N–H and O–H groups in total. The molecule has 1 aliphatic rings. The third kappa shape index (κ3) is 2.99. The van der Waals surface area contributed by atoms with Crippen molar-refractivity contribution in [1.82, 2.24) is 34.7 Å². The molecule has 3 heterocycles. The van der Waals surface area contributed by atoms with Gasteiger partial charge in [-0.2, -0.15) is 4.68 Å². The molecule has 0 bridgehead atoms. The molecule has 0 amide bonds. The van der Waals surface area contributed by atoms with E-state index in [0.29, 0.717) is 22.8 Å². The highest BCUT2D eigenvalue weighted by atomic mass is 32.2. The van der Waals surface area contributed by atoms with Gasteiger partial charge in [0.1, 0.15) is 5.52 Å². The van der Waals surface area contributed by atoms with Crippen LogP contribution in [0.15, 0.2) is 58.7 Å². The maximum atomic E-state index is 12.6. The maximum absolute atomic E-state index is 12.6. The van der Waals surface area contributed by atoms with Gasteiger partial charge in [-0.1, -0.05) is 29.1 Å². The normalized spacial score (nSPS) is 13.9. The average molecular weight is 377 g/mol. The molecule has 8 nitrogen and oxygen atoms in total. The van der Waals surface area contributed by atoms with Gasteiger partial charge in [0.2, 0.25) is 0 Å². The molecule has 5 rings (SSSR count). The largest absolute Gasteiger partial charge is 0.299 e. The molecule has 9 heteroatoms. The Labute approximate surface area is 158 Å². The molecule has 0 unspecified atom stereocenters. The molecule has 1 aliphatic carbocycles. The summed E-state index contributed by atoms with van der Waals surface area (Å²) in [6.45, 7) is 0. The summed E-state index contributed by atoms with van der Waals surface area (Å²) < 4.78 is 3.50. The van der Waals surface area contributed by atoms with Crippen LogP contribution in [0.1, 0.15) is 18.9 Å². The van der Waals surface area contributed by atoms with Crippen molar-refractivity contribution in [3.63, 3.8) is 0 Å². The number of thioether (sulfide) groups is 1. The second-order valence-corrected chi connectivity index (χ2v) is 7.25. The van der Waals surface area contributed by atoms with Crippen LogP contribution in [0.25, 0.3) is 22.3 Å². The zero-order valence-electron chi connectivity index (χ0n) is 14.3. The first kappa shape index (κ1) is 16.1. The molecular formula is C18H15N7OS. The van der Waals surface area contributed by atoms with Gasteiger partial charge >= 0.3 is 0 Å². The summed E-state index contributed by atoms with van der Waals surface area (Å²) in [6, 6.07) is 11.5. The SMILES string of the molecule is O=c1c2ccccc2nnn1CSc1nnc(-c2cccnc2)n1C1CC1. The van der Waals surface area contributed by atoms with Gasteiger partial charge in [-0.05, 0) is 37.1 Å². The molecule has 134 valence electrons. The van der Waals surface area contributed by atoms with Crippen LogP contribution in [-0.2, 0) is 5.88 Å². The summed E-state index contributed by atoms with van der Waals surface area (Å²) in [6.07, 6.45) is 5.74. The van der Waals surface area contributed by atoms with Crippen molar-refractivity contribution < 1.29 is 0 Å². The lowest BCUT2D eigenvalue weighted by Crippen LogP contribution is -2.23. The highest BCUT2D eigenvalue weighted by molar-refractivity contribution is 7.98. The van der Waals surface area contributed by atoms with Gasteiger partial charge in [-0.3, -0.25) is 14.3 Å². The first-order valence-corrected chi connectivity index (χ1v) is 9.60. The van der Waals surface area contributed by atoms with E-state index in [1.807, 2.05) is 24.3 Å². The maximum Gasteiger partial charge on any atom is 0.278 e. The monoisotopic (exact) mass is 377 g/mol. The molecule has 27 heavy (non-hydrogen) atoms. The van der Waals surface area contributed by atoms with Gasteiger partial charge in [0, 0.05) is 24.0 Å². The lowest BCUT2D eigenvalue weighted by Gasteiger charge is -2.09. The van der Waals surface area contributed by atoms with Gasteiger partial charge in [0.05, 0.1) is 11.3 Å². The van der Waals surface area contributed by atoms with Crippen molar-refractivity contribution in [2.75, 3.05) is 0 Å². The topological polar surface area (TPSA) is 91.4 Å². The Morgan fingerprint density at radius 3 is 2.78 bits per heavy atom. The molecule has 4 aromatic rings. The lowest BCUT2D eigenvalue weighted by molar-refractivity contribution is 0.634. The van der Waals surface area contributed by atoms with Crippen LogP contribution < -0.4 is 5.56 Å². The molecule has 1 saturated carbocycles. The van der Waals surface area contributed by atoms with Crippen molar-refractivity contribution in [3.8, 4) is 11.4 Å². The second-order valence-electron chi connectivity index (χ2n) is 6.33. The molecule has 0 radical (unpaired) electrons. The fraction of sp³-hybridized carbons (Fsp3) is 0.222. The molecule has 3 aromatic heterocycles. The van der Waals surface area contributed by atoms with Crippen LogP contribution in [0, 0.1) is 0 Å². The summed E-state index contributed by atoms with van der Waals surface area (Å²) in [5.74, 6) is 1.14. The Morgan fingerprint density at radius 2 is 1.96 bits per heavy atom. The molecular weight excluding hydrogens is 362 g/mol. The fourth-order valence-corrected chi connectivity index (χ4v) is 3.84. The van der Waals surface area contributed by atoms with E-state index in [1.165, 1.54) is 16.4 Å². The van der Waals surface area contributed by atoms with Gasteiger partial charge in [0.25, 0.3) is 5.56 Å². The highest BCUT2D eigenvalue weighted by Gasteiger charge is 2.30. The Bertz CT molecular complexity index is 1170. The summed E-state index contributed by atoms with van der Waals surface area (Å²) >= 11 is 1.44. The average Bonchev–Trinajstić information content (AvgIpc) is 3.47. The van der Waals surface area contributed by atoms with E-state index in [1.54, 1.807) is 24.5 Å². The molecule has 0 spiro atoms. The summed E-state index contributed by atoms with van der Waals surface area (Å²) in [5.41, 5.74) is 1.38. The Kier molecular flexibility index (Phi) is 3.93. The van der Waals surface area contributed by atoms with Crippen LogP contribution in [0.2, 0.25) is 0 Å². The van der Waals surface area contributed by atoms with E-state index in [2.05, 4.69) is 30.1 Å². The Morgan fingerprint density at radius 1 is 1.07 bits per heavy atom. The fourth-order valence-electron chi connectivity index (χ4n) is 2.96. The third-order valence-corrected chi connectivity index (χ3v) is 5.35. The molecule has 1 aromatic carbocycles. The zero-order chi connectivity index (χ0) is 18.2. The van der Waals surface area contributed by atoms with Crippen molar-refractivity contribution in [1.29, 1.82) is 0 Å². The third-order valence-electron chi connectivity index (χ3n) is 4.44. The predicted molar refractivity (Wildman–Crippen MR) is 101 cm³/mol. The lowest BCUT2D eigenvalue weighted by atomic mass is 10.2. The number of aromatic nitrogens is 7. The first-order chi connectivity index (χ1) is 13.3. The van der Waals surface area contributed by atoms with Crippen molar-refractivity contribution in [2.45, 2.75) is 29.9 Å². The van der Waals surface area contributed by atoms with Crippen LogP contribution in [0.3, 0.4) is 0 Å². The zero-order valence-corrected chi connectivity index (χ0v) is 15.1. The van der Waals surface area contributed by atoms with E-state index >= 15 is 0 Å².